The van der Waals surface area contributed by atoms with Gasteiger partial charge in [-0.25, -0.2) is 0 Å². The third kappa shape index (κ3) is 3.83. The molecule has 0 radical (unpaired) electrons. The minimum atomic E-state index is -0.360. The van der Waals surface area contributed by atoms with Gasteiger partial charge in [0.05, 0.1) is 32.6 Å². The van der Waals surface area contributed by atoms with E-state index >= 15 is 0 Å². The smallest absolute Gasteiger partial charge is 0.242 e. The van der Waals surface area contributed by atoms with E-state index in [9.17, 15) is 9.90 Å². The fourth-order valence-corrected chi connectivity index (χ4v) is 3.36. The summed E-state index contributed by atoms with van der Waals surface area (Å²) in [4.78, 5) is 12.5. The van der Waals surface area contributed by atoms with Crippen molar-refractivity contribution in [3.05, 3.63) is 41.2 Å². The summed E-state index contributed by atoms with van der Waals surface area (Å²) in [7, 11) is 3.20. The Balaban J connectivity index is 1.70. The molecule has 0 bridgehead atoms. The Hall–Kier alpha value is -2.54. The number of aromatic nitrogens is 2. The van der Waals surface area contributed by atoms with Gasteiger partial charge < -0.3 is 19.9 Å². The van der Waals surface area contributed by atoms with Crippen molar-refractivity contribution in [2.75, 3.05) is 14.2 Å². The highest BCUT2D eigenvalue weighted by atomic mass is 16.5. The number of aryl methyl sites for hydroxylation is 1. The van der Waals surface area contributed by atoms with Crippen LogP contribution in [0.15, 0.2) is 24.4 Å². The van der Waals surface area contributed by atoms with Gasteiger partial charge in [0.1, 0.15) is 18.0 Å². The molecule has 0 aliphatic heterocycles. The van der Waals surface area contributed by atoms with Gasteiger partial charge in [-0.3, -0.25) is 9.48 Å². The lowest BCUT2D eigenvalue weighted by Crippen LogP contribution is -2.32. The van der Waals surface area contributed by atoms with Crippen LogP contribution in [-0.2, 0) is 24.2 Å². The van der Waals surface area contributed by atoms with Crippen LogP contribution in [-0.4, -0.2) is 41.1 Å². The summed E-state index contributed by atoms with van der Waals surface area (Å²) in [5.41, 5.74) is 2.91. The average molecular weight is 359 g/mol. The first-order chi connectivity index (χ1) is 12.5. The van der Waals surface area contributed by atoms with Gasteiger partial charge in [0, 0.05) is 17.7 Å². The molecular weight excluding hydrogens is 334 g/mol. The van der Waals surface area contributed by atoms with Crippen LogP contribution in [0.4, 0.5) is 0 Å². The first-order valence-electron chi connectivity index (χ1n) is 8.74. The van der Waals surface area contributed by atoms with E-state index in [4.69, 9.17) is 9.47 Å². The molecule has 2 N–H and O–H groups in total. The Morgan fingerprint density at radius 1 is 1.42 bits per heavy atom. The number of amides is 1. The van der Waals surface area contributed by atoms with E-state index in [0.29, 0.717) is 17.9 Å². The summed E-state index contributed by atoms with van der Waals surface area (Å²) < 4.78 is 12.3. The number of methoxy groups -OCH3 is 2. The van der Waals surface area contributed by atoms with E-state index in [1.807, 2.05) is 25.1 Å². The van der Waals surface area contributed by atoms with Crippen molar-refractivity contribution >= 4 is 5.91 Å². The standard InChI is InChI=1S/C19H25N3O4/c1-12(16-9-15(25-2)6-7-18(16)26-3)21-19(24)11-22-17-8-14(23)5-4-13(17)10-20-22/h6-7,9-10,12,14,23H,4-5,8,11H2,1-3H3,(H,21,24)/t12-,14-/m0/s1. The number of carbonyl (C=O) groups is 1. The van der Waals surface area contributed by atoms with Crippen LogP contribution >= 0.6 is 0 Å². The van der Waals surface area contributed by atoms with Crippen LogP contribution in [0.25, 0.3) is 0 Å². The normalized spacial score (nSPS) is 17.3. The number of hydrogen-bond acceptors (Lipinski definition) is 5. The molecule has 0 saturated heterocycles. The number of hydrogen-bond donors (Lipinski definition) is 2. The number of benzene rings is 1. The van der Waals surface area contributed by atoms with E-state index in [1.165, 1.54) is 0 Å². The summed E-state index contributed by atoms with van der Waals surface area (Å²) in [5, 5.41) is 17.2. The molecule has 0 saturated carbocycles. The largest absolute Gasteiger partial charge is 0.497 e. The molecule has 1 aliphatic rings. The van der Waals surface area contributed by atoms with E-state index < -0.39 is 0 Å². The number of nitrogens with zero attached hydrogens (tertiary/aromatic N) is 2. The molecule has 7 heteroatoms. The van der Waals surface area contributed by atoms with Crippen LogP contribution in [0.3, 0.4) is 0 Å². The maximum Gasteiger partial charge on any atom is 0.242 e. The van der Waals surface area contributed by atoms with Crippen LogP contribution in [0.2, 0.25) is 0 Å². The number of nitrogens with one attached hydrogen (secondary N) is 1. The van der Waals surface area contributed by atoms with Crippen molar-refractivity contribution < 1.29 is 19.4 Å². The lowest BCUT2D eigenvalue weighted by Gasteiger charge is -2.20. The number of fused-ring (bicyclic) bond motifs is 1. The van der Waals surface area contributed by atoms with Crippen LogP contribution in [0.1, 0.15) is 36.2 Å². The molecule has 140 valence electrons. The summed E-state index contributed by atoms with van der Waals surface area (Å²) in [6, 6.07) is 5.25. The molecule has 0 fully saturated rings. The monoisotopic (exact) mass is 359 g/mol. The van der Waals surface area contributed by atoms with Gasteiger partial charge in [-0.15, -0.1) is 0 Å². The molecule has 0 spiro atoms. The predicted octanol–water partition coefficient (Wildman–Crippen LogP) is 1.63. The highest BCUT2D eigenvalue weighted by molar-refractivity contribution is 5.76. The van der Waals surface area contributed by atoms with Crippen LogP contribution in [0, 0.1) is 0 Å². The fraction of sp³-hybridized carbons (Fsp3) is 0.474. The zero-order valence-electron chi connectivity index (χ0n) is 15.4. The number of aliphatic hydroxyl groups is 1. The third-order valence-corrected chi connectivity index (χ3v) is 4.79. The van der Waals surface area contributed by atoms with E-state index in [2.05, 4.69) is 10.4 Å². The van der Waals surface area contributed by atoms with Gasteiger partial charge in [0.2, 0.25) is 5.91 Å². The molecule has 0 unspecified atom stereocenters. The quantitative estimate of drug-likeness (QED) is 0.819. The Bertz CT molecular complexity index is 787. The topological polar surface area (TPSA) is 85.6 Å². The van der Waals surface area contributed by atoms with Gasteiger partial charge in [-0.05, 0) is 43.5 Å². The van der Waals surface area contributed by atoms with E-state index in [1.54, 1.807) is 25.1 Å². The van der Waals surface area contributed by atoms with E-state index in [0.717, 1.165) is 29.7 Å². The molecule has 1 aromatic carbocycles. The third-order valence-electron chi connectivity index (χ3n) is 4.79. The molecule has 26 heavy (non-hydrogen) atoms. The summed E-state index contributed by atoms with van der Waals surface area (Å²) in [6.07, 6.45) is 3.53. The van der Waals surface area contributed by atoms with Crippen molar-refractivity contribution in [2.24, 2.45) is 0 Å². The second kappa shape index (κ2) is 7.78. The van der Waals surface area contributed by atoms with Crippen molar-refractivity contribution in [1.29, 1.82) is 0 Å². The van der Waals surface area contributed by atoms with E-state index in [-0.39, 0.29) is 24.6 Å². The SMILES string of the molecule is COc1ccc(OC)c([C@H](C)NC(=O)Cn2ncc3c2C[C@@H](O)CC3)c1. The fourth-order valence-electron chi connectivity index (χ4n) is 3.36. The summed E-state index contributed by atoms with van der Waals surface area (Å²) >= 11 is 0. The molecule has 2 aromatic rings. The maximum atomic E-state index is 12.5. The first kappa shape index (κ1) is 18.3. The molecule has 7 nitrogen and oxygen atoms in total. The van der Waals surface area contributed by atoms with Crippen molar-refractivity contribution in [3.8, 4) is 11.5 Å². The number of aliphatic hydroxyl groups excluding tert-OH is 1. The Morgan fingerprint density at radius 3 is 2.96 bits per heavy atom. The van der Waals surface area contributed by atoms with Crippen molar-refractivity contribution in [2.45, 2.75) is 44.9 Å². The average Bonchev–Trinajstić information content (AvgIpc) is 3.02. The molecule has 1 aliphatic carbocycles. The minimum absolute atomic E-state index is 0.124. The van der Waals surface area contributed by atoms with Gasteiger partial charge in [0.15, 0.2) is 0 Å². The lowest BCUT2D eigenvalue weighted by atomic mass is 9.96. The van der Waals surface area contributed by atoms with Crippen molar-refractivity contribution in [3.63, 3.8) is 0 Å². The number of carbonyl (C=O) groups excluding carboxylic acids is 1. The number of rotatable bonds is 6. The van der Waals surface area contributed by atoms with Crippen LogP contribution < -0.4 is 14.8 Å². The highest BCUT2D eigenvalue weighted by Crippen LogP contribution is 2.29. The minimum Gasteiger partial charge on any atom is -0.497 e. The first-order valence-corrected chi connectivity index (χ1v) is 8.74. The van der Waals surface area contributed by atoms with Gasteiger partial charge >= 0.3 is 0 Å². The van der Waals surface area contributed by atoms with Crippen molar-refractivity contribution in [1.82, 2.24) is 15.1 Å². The Labute approximate surface area is 152 Å². The predicted molar refractivity (Wildman–Crippen MR) is 96.4 cm³/mol. The Morgan fingerprint density at radius 2 is 2.23 bits per heavy atom. The molecular formula is C19H25N3O4. The zero-order valence-corrected chi connectivity index (χ0v) is 15.4. The van der Waals surface area contributed by atoms with Gasteiger partial charge in [-0.2, -0.15) is 5.10 Å². The maximum absolute atomic E-state index is 12.5. The molecule has 2 atom stereocenters. The lowest BCUT2D eigenvalue weighted by molar-refractivity contribution is -0.122. The highest BCUT2D eigenvalue weighted by Gasteiger charge is 2.22. The molecule has 1 aromatic heterocycles. The summed E-state index contributed by atoms with van der Waals surface area (Å²) in [5.74, 6) is 1.25. The second-order valence-corrected chi connectivity index (χ2v) is 6.57. The zero-order chi connectivity index (χ0) is 18.7. The second-order valence-electron chi connectivity index (χ2n) is 6.57. The molecule has 1 heterocycles. The van der Waals surface area contributed by atoms with Gasteiger partial charge in [-0.1, -0.05) is 0 Å². The van der Waals surface area contributed by atoms with Crippen LogP contribution in [0.5, 0.6) is 11.5 Å². The summed E-state index contributed by atoms with van der Waals surface area (Å²) in [6.45, 7) is 2.02. The molecule has 1 amide bonds. The Kier molecular flexibility index (Phi) is 5.46. The number of ether oxygens (including phenoxy) is 2. The van der Waals surface area contributed by atoms with Gasteiger partial charge in [0.25, 0.3) is 0 Å². The molecule has 3 rings (SSSR count).